The number of ether oxygens (including phenoxy) is 1. The standard InChI is InChI=1S/C21H25N7O2/c1-3-22-21(29)24-16-6-4-15(5-7-16)18-12-19(17-8-9-23-27-17)26-20(25-18)28-10-11-30-13-14(28)2/h4-9,12,14H,3,10-11,13H2,1-2H3,(H,23,27)(H2,22,24,29). The summed E-state index contributed by atoms with van der Waals surface area (Å²) < 4.78 is 5.56. The van der Waals surface area contributed by atoms with Crippen molar-refractivity contribution in [2.75, 3.05) is 36.5 Å². The maximum atomic E-state index is 11.7. The van der Waals surface area contributed by atoms with Crippen LogP contribution in [-0.2, 0) is 4.74 Å². The van der Waals surface area contributed by atoms with E-state index in [1.807, 2.05) is 43.3 Å². The fraction of sp³-hybridized carbons (Fsp3) is 0.333. The van der Waals surface area contributed by atoms with Crippen molar-refractivity contribution in [3.8, 4) is 22.6 Å². The van der Waals surface area contributed by atoms with Gasteiger partial charge in [0.05, 0.1) is 30.6 Å². The fourth-order valence-corrected chi connectivity index (χ4v) is 3.33. The highest BCUT2D eigenvalue weighted by Crippen LogP contribution is 2.27. The molecule has 3 N–H and O–H groups in total. The van der Waals surface area contributed by atoms with E-state index < -0.39 is 0 Å². The first-order valence-electron chi connectivity index (χ1n) is 10.0. The van der Waals surface area contributed by atoms with E-state index in [0.717, 1.165) is 29.2 Å². The molecule has 0 spiro atoms. The van der Waals surface area contributed by atoms with Gasteiger partial charge in [-0.25, -0.2) is 14.8 Å². The average molecular weight is 407 g/mol. The number of aromatic nitrogens is 4. The molecule has 2 amide bonds. The van der Waals surface area contributed by atoms with E-state index in [0.29, 0.717) is 31.4 Å². The molecular weight excluding hydrogens is 382 g/mol. The lowest BCUT2D eigenvalue weighted by Gasteiger charge is -2.33. The monoisotopic (exact) mass is 407 g/mol. The van der Waals surface area contributed by atoms with Crippen molar-refractivity contribution in [1.29, 1.82) is 0 Å². The summed E-state index contributed by atoms with van der Waals surface area (Å²) in [4.78, 5) is 23.5. The Morgan fingerprint density at radius 3 is 2.70 bits per heavy atom. The van der Waals surface area contributed by atoms with Crippen LogP contribution in [0.25, 0.3) is 22.6 Å². The van der Waals surface area contributed by atoms with Gasteiger partial charge in [0.1, 0.15) is 5.69 Å². The molecule has 0 saturated carbocycles. The number of rotatable bonds is 5. The zero-order chi connectivity index (χ0) is 20.9. The number of carbonyl (C=O) groups excluding carboxylic acids is 1. The normalized spacial score (nSPS) is 16.3. The van der Waals surface area contributed by atoms with Crippen molar-refractivity contribution in [3.05, 3.63) is 42.6 Å². The van der Waals surface area contributed by atoms with Crippen molar-refractivity contribution in [1.82, 2.24) is 25.5 Å². The highest BCUT2D eigenvalue weighted by Gasteiger charge is 2.23. The van der Waals surface area contributed by atoms with Gasteiger partial charge < -0.3 is 20.3 Å². The smallest absolute Gasteiger partial charge is 0.319 e. The third kappa shape index (κ3) is 4.41. The zero-order valence-electron chi connectivity index (χ0n) is 17.1. The lowest BCUT2D eigenvalue weighted by atomic mass is 10.1. The minimum Gasteiger partial charge on any atom is -0.377 e. The molecule has 1 atom stereocenters. The van der Waals surface area contributed by atoms with Crippen molar-refractivity contribution in [2.24, 2.45) is 0 Å². The Kier molecular flexibility index (Phi) is 5.89. The van der Waals surface area contributed by atoms with Crippen molar-refractivity contribution < 1.29 is 9.53 Å². The van der Waals surface area contributed by atoms with Crippen LogP contribution >= 0.6 is 0 Å². The summed E-state index contributed by atoms with van der Waals surface area (Å²) in [7, 11) is 0. The minimum absolute atomic E-state index is 0.185. The van der Waals surface area contributed by atoms with Crippen LogP contribution in [0.5, 0.6) is 0 Å². The summed E-state index contributed by atoms with van der Waals surface area (Å²) in [5.41, 5.74) is 3.95. The van der Waals surface area contributed by atoms with Crippen LogP contribution in [0, 0.1) is 0 Å². The molecule has 1 saturated heterocycles. The average Bonchev–Trinajstić information content (AvgIpc) is 3.29. The molecular formula is C21H25N7O2. The van der Waals surface area contributed by atoms with E-state index in [-0.39, 0.29) is 12.1 Å². The maximum Gasteiger partial charge on any atom is 0.319 e. The SMILES string of the molecule is CCNC(=O)Nc1ccc(-c2cc(-c3cc[nH]n3)nc(N3CCOCC3C)n2)cc1. The van der Waals surface area contributed by atoms with Crippen LogP contribution < -0.4 is 15.5 Å². The van der Waals surface area contributed by atoms with Gasteiger partial charge in [0.25, 0.3) is 0 Å². The van der Waals surface area contributed by atoms with E-state index in [1.54, 1.807) is 6.20 Å². The van der Waals surface area contributed by atoms with Crippen LogP contribution in [0.4, 0.5) is 16.4 Å². The number of carbonyl (C=O) groups is 1. The van der Waals surface area contributed by atoms with Crippen molar-refractivity contribution >= 4 is 17.7 Å². The van der Waals surface area contributed by atoms with Gasteiger partial charge in [-0.3, -0.25) is 5.10 Å². The number of aromatic amines is 1. The predicted molar refractivity (Wildman–Crippen MR) is 115 cm³/mol. The molecule has 156 valence electrons. The third-order valence-electron chi connectivity index (χ3n) is 4.88. The molecule has 3 heterocycles. The molecule has 3 aromatic rings. The Morgan fingerprint density at radius 1 is 1.20 bits per heavy atom. The summed E-state index contributed by atoms with van der Waals surface area (Å²) in [6.45, 7) is 6.58. The number of benzene rings is 1. The van der Waals surface area contributed by atoms with Crippen LogP contribution in [0.3, 0.4) is 0 Å². The Hall–Kier alpha value is -3.46. The van der Waals surface area contributed by atoms with Crippen molar-refractivity contribution in [3.63, 3.8) is 0 Å². The molecule has 0 aliphatic carbocycles. The first-order chi connectivity index (χ1) is 14.6. The zero-order valence-corrected chi connectivity index (χ0v) is 17.1. The topological polar surface area (TPSA) is 108 Å². The van der Waals surface area contributed by atoms with E-state index in [9.17, 15) is 4.79 Å². The van der Waals surface area contributed by atoms with Crippen LogP contribution in [0.1, 0.15) is 13.8 Å². The molecule has 2 aromatic heterocycles. The molecule has 4 rings (SSSR count). The number of amides is 2. The molecule has 1 unspecified atom stereocenters. The van der Waals surface area contributed by atoms with E-state index in [2.05, 4.69) is 32.7 Å². The Labute approximate surface area is 174 Å². The molecule has 0 radical (unpaired) electrons. The largest absolute Gasteiger partial charge is 0.377 e. The quantitative estimate of drug-likeness (QED) is 0.600. The van der Waals surface area contributed by atoms with E-state index in [4.69, 9.17) is 14.7 Å². The number of anilines is 2. The first kappa shape index (κ1) is 19.8. The minimum atomic E-state index is -0.225. The lowest BCUT2D eigenvalue weighted by Crippen LogP contribution is -2.44. The molecule has 1 aromatic carbocycles. The summed E-state index contributed by atoms with van der Waals surface area (Å²) in [5.74, 6) is 0.658. The summed E-state index contributed by atoms with van der Waals surface area (Å²) >= 11 is 0. The van der Waals surface area contributed by atoms with Gasteiger partial charge in [0.2, 0.25) is 5.95 Å². The number of H-pyrrole nitrogens is 1. The first-order valence-corrected chi connectivity index (χ1v) is 10.0. The predicted octanol–water partition coefficient (Wildman–Crippen LogP) is 2.90. The molecule has 30 heavy (non-hydrogen) atoms. The van der Waals surface area contributed by atoms with Gasteiger partial charge in [-0.2, -0.15) is 5.10 Å². The highest BCUT2D eigenvalue weighted by molar-refractivity contribution is 5.89. The Balaban J connectivity index is 1.67. The van der Waals surface area contributed by atoms with Gasteiger partial charge >= 0.3 is 6.03 Å². The molecule has 0 bridgehead atoms. The van der Waals surface area contributed by atoms with Crippen LogP contribution in [0.2, 0.25) is 0 Å². The van der Waals surface area contributed by atoms with Crippen LogP contribution in [-0.4, -0.2) is 58.5 Å². The Morgan fingerprint density at radius 2 is 2.00 bits per heavy atom. The summed E-state index contributed by atoms with van der Waals surface area (Å²) in [6, 6.07) is 11.4. The number of hydrogen-bond acceptors (Lipinski definition) is 6. The molecule has 1 aliphatic heterocycles. The molecule has 9 heteroatoms. The molecule has 1 fully saturated rings. The maximum absolute atomic E-state index is 11.7. The second-order valence-corrected chi connectivity index (χ2v) is 7.08. The fourth-order valence-electron chi connectivity index (χ4n) is 3.33. The van der Waals surface area contributed by atoms with Gasteiger partial charge in [-0.1, -0.05) is 12.1 Å². The van der Waals surface area contributed by atoms with E-state index in [1.165, 1.54) is 0 Å². The van der Waals surface area contributed by atoms with Crippen molar-refractivity contribution in [2.45, 2.75) is 19.9 Å². The molecule has 9 nitrogen and oxygen atoms in total. The van der Waals surface area contributed by atoms with Crippen LogP contribution in [0.15, 0.2) is 42.6 Å². The van der Waals surface area contributed by atoms with Gasteiger partial charge in [0.15, 0.2) is 0 Å². The number of nitrogens with one attached hydrogen (secondary N) is 3. The second-order valence-electron chi connectivity index (χ2n) is 7.08. The molecule has 1 aliphatic rings. The lowest BCUT2D eigenvalue weighted by molar-refractivity contribution is 0.0981. The highest BCUT2D eigenvalue weighted by atomic mass is 16.5. The van der Waals surface area contributed by atoms with Gasteiger partial charge in [-0.05, 0) is 38.1 Å². The second kappa shape index (κ2) is 8.91. The number of morpholine rings is 1. The Bertz CT molecular complexity index is 989. The summed E-state index contributed by atoms with van der Waals surface area (Å²) in [6.07, 6.45) is 1.77. The number of hydrogen-bond donors (Lipinski definition) is 3. The van der Waals surface area contributed by atoms with E-state index >= 15 is 0 Å². The van der Waals surface area contributed by atoms with Gasteiger partial charge in [0, 0.05) is 30.5 Å². The summed E-state index contributed by atoms with van der Waals surface area (Å²) in [5, 5.41) is 12.6. The number of urea groups is 1. The van der Waals surface area contributed by atoms with Gasteiger partial charge in [-0.15, -0.1) is 0 Å². The third-order valence-corrected chi connectivity index (χ3v) is 4.88. The number of nitrogens with zero attached hydrogens (tertiary/aromatic N) is 4.